The van der Waals surface area contributed by atoms with Crippen molar-refractivity contribution in [3.8, 4) is 0 Å². The van der Waals surface area contributed by atoms with Gasteiger partial charge in [-0.1, -0.05) is 30.3 Å². The molecule has 8 heteroatoms. The Morgan fingerprint density at radius 2 is 1.76 bits per heavy atom. The van der Waals surface area contributed by atoms with Gasteiger partial charge in [-0.05, 0) is 23.8 Å². The molecule has 2 amide bonds. The molecule has 0 aliphatic rings. The molecule has 2 N–H and O–H groups in total. The van der Waals surface area contributed by atoms with Gasteiger partial charge in [-0.2, -0.15) is 13.2 Å². The van der Waals surface area contributed by atoms with Crippen molar-refractivity contribution in [1.82, 2.24) is 4.90 Å². The zero-order chi connectivity index (χ0) is 18.6. The summed E-state index contributed by atoms with van der Waals surface area (Å²) in [6, 6.07) is 10.3. The van der Waals surface area contributed by atoms with E-state index in [2.05, 4.69) is 5.32 Å². The van der Waals surface area contributed by atoms with Crippen LogP contribution < -0.4 is 5.32 Å². The second kappa shape index (κ2) is 7.25. The molecule has 0 saturated carbocycles. The van der Waals surface area contributed by atoms with Crippen LogP contribution in [0.5, 0.6) is 0 Å². The zero-order valence-corrected chi connectivity index (χ0v) is 13.2. The average molecular weight is 352 g/mol. The lowest BCUT2D eigenvalue weighted by Crippen LogP contribution is -2.31. The third-order valence-corrected chi connectivity index (χ3v) is 3.43. The number of alkyl halides is 3. The number of hydrogen-bond donors (Lipinski definition) is 2. The fourth-order valence-corrected chi connectivity index (χ4v) is 2.15. The van der Waals surface area contributed by atoms with Gasteiger partial charge in [-0.3, -0.25) is 0 Å². The smallest absolute Gasteiger partial charge is 0.416 e. The number of urea groups is 1. The molecule has 132 valence electrons. The molecular weight excluding hydrogens is 337 g/mol. The molecule has 2 aromatic carbocycles. The van der Waals surface area contributed by atoms with Gasteiger partial charge in [0.05, 0.1) is 16.8 Å². The minimum absolute atomic E-state index is 0.216. The van der Waals surface area contributed by atoms with Crippen molar-refractivity contribution in [2.75, 3.05) is 12.4 Å². The van der Waals surface area contributed by atoms with Crippen LogP contribution in [0, 0.1) is 0 Å². The summed E-state index contributed by atoms with van der Waals surface area (Å²) in [7, 11) is 1.45. The van der Waals surface area contributed by atoms with Crippen molar-refractivity contribution in [2.45, 2.75) is 12.7 Å². The molecule has 0 saturated heterocycles. The second-order valence-electron chi connectivity index (χ2n) is 5.34. The molecule has 0 aliphatic carbocycles. The highest BCUT2D eigenvalue weighted by Crippen LogP contribution is 2.32. The van der Waals surface area contributed by atoms with Crippen LogP contribution in [0.1, 0.15) is 21.5 Å². The largest absolute Gasteiger partial charge is 0.478 e. The van der Waals surface area contributed by atoms with Gasteiger partial charge in [0.15, 0.2) is 0 Å². The topological polar surface area (TPSA) is 69.6 Å². The average Bonchev–Trinajstić information content (AvgIpc) is 2.54. The summed E-state index contributed by atoms with van der Waals surface area (Å²) in [4.78, 5) is 24.6. The first-order valence-corrected chi connectivity index (χ1v) is 7.19. The number of nitrogens with zero attached hydrogens (tertiary/aromatic N) is 1. The molecule has 25 heavy (non-hydrogen) atoms. The Balaban J connectivity index is 2.22. The van der Waals surface area contributed by atoms with Crippen LogP contribution in [0.2, 0.25) is 0 Å². The minimum Gasteiger partial charge on any atom is -0.478 e. The quantitative estimate of drug-likeness (QED) is 0.872. The summed E-state index contributed by atoms with van der Waals surface area (Å²) in [5.74, 6) is -1.44. The lowest BCUT2D eigenvalue weighted by molar-refractivity contribution is -0.137. The van der Waals surface area contributed by atoms with Crippen LogP contribution in [0.25, 0.3) is 0 Å². The molecule has 0 spiro atoms. The Morgan fingerprint density at radius 1 is 1.12 bits per heavy atom. The summed E-state index contributed by atoms with van der Waals surface area (Å²) in [5, 5.41) is 11.3. The number of aromatic carboxylic acids is 1. The number of amides is 2. The highest BCUT2D eigenvalue weighted by molar-refractivity contribution is 6.00. The lowest BCUT2D eigenvalue weighted by atomic mass is 10.1. The molecule has 0 bridgehead atoms. The van der Waals surface area contributed by atoms with Crippen molar-refractivity contribution in [1.29, 1.82) is 0 Å². The molecule has 0 aliphatic heterocycles. The minimum atomic E-state index is -4.65. The summed E-state index contributed by atoms with van der Waals surface area (Å²) in [5.41, 5.74) is -1.05. The molecule has 0 fully saturated rings. The van der Waals surface area contributed by atoms with Gasteiger partial charge in [0.2, 0.25) is 0 Å². The van der Waals surface area contributed by atoms with E-state index in [-0.39, 0.29) is 6.54 Å². The standard InChI is InChI=1S/C17H15F3N2O3/c1-22(10-11-5-3-2-4-6-11)16(25)21-14-9-12(17(18,19)20)7-8-13(14)15(23)24/h2-9H,10H2,1H3,(H,21,25)(H,23,24). The number of carbonyl (C=O) groups excluding carboxylic acids is 1. The number of rotatable bonds is 4. The highest BCUT2D eigenvalue weighted by atomic mass is 19.4. The maximum atomic E-state index is 12.8. The Morgan fingerprint density at radius 3 is 2.32 bits per heavy atom. The first kappa shape index (κ1) is 18.3. The molecule has 0 unspecified atom stereocenters. The van der Waals surface area contributed by atoms with Crippen LogP contribution in [0.15, 0.2) is 48.5 Å². The molecule has 0 atom stereocenters. The Kier molecular flexibility index (Phi) is 5.31. The Bertz CT molecular complexity index is 776. The number of nitrogens with one attached hydrogen (secondary N) is 1. The van der Waals surface area contributed by atoms with E-state index < -0.39 is 35.0 Å². The molecule has 5 nitrogen and oxygen atoms in total. The lowest BCUT2D eigenvalue weighted by Gasteiger charge is -2.19. The van der Waals surface area contributed by atoms with Crippen LogP contribution in [-0.2, 0) is 12.7 Å². The van der Waals surface area contributed by atoms with E-state index in [0.717, 1.165) is 11.6 Å². The monoisotopic (exact) mass is 352 g/mol. The van der Waals surface area contributed by atoms with Crippen molar-refractivity contribution in [2.24, 2.45) is 0 Å². The van der Waals surface area contributed by atoms with Crippen molar-refractivity contribution < 1.29 is 27.9 Å². The first-order chi connectivity index (χ1) is 11.7. The van der Waals surface area contributed by atoms with Gasteiger partial charge in [0.25, 0.3) is 0 Å². The van der Waals surface area contributed by atoms with E-state index in [1.54, 1.807) is 24.3 Å². The van der Waals surface area contributed by atoms with Crippen LogP contribution in [-0.4, -0.2) is 29.1 Å². The number of carboxylic acids is 1. The number of carboxylic acid groups (broad SMARTS) is 1. The van der Waals surface area contributed by atoms with Crippen LogP contribution >= 0.6 is 0 Å². The van der Waals surface area contributed by atoms with Gasteiger partial charge in [0, 0.05) is 13.6 Å². The Hall–Kier alpha value is -3.03. The van der Waals surface area contributed by atoms with Gasteiger partial charge >= 0.3 is 18.2 Å². The second-order valence-corrected chi connectivity index (χ2v) is 5.34. The first-order valence-electron chi connectivity index (χ1n) is 7.19. The van der Waals surface area contributed by atoms with Crippen molar-refractivity contribution in [3.05, 3.63) is 65.2 Å². The Labute approximate surface area is 141 Å². The van der Waals surface area contributed by atoms with E-state index in [0.29, 0.717) is 12.1 Å². The molecule has 2 rings (SSSR count). The van der Waals surface area contributed by atoms with Gasteiger partial charge in [-0.15, -0.1) is 0 Å². The SMILES string of the molecule is CN(Cc1ccccc1)C(=O)Nc1cc(C(F)(F)F)ccc1C(=O)O. The van der Waals surface area contributed by atoms with Gasteiger partial charge < -0.3 is 15.3 Å². The number of carbonyl (C=O) groups is 2. The van der Waals surface area contributed by atoms with E-state index in [4.69, 9.17) is 5.11 Å². The number of anilines is 1. The fraction of sp³-hybridized carbons (Fsp3) is 0.176. The predicted octanol–water partition coefficient (Wildman–Crippen LogP) is 4.07. The third kappa shape index (κ3) is 4.72. The fourth-order valence-electron chi connectivity index (χ4n) is 2.15. The molecular formula is C17H15F3N2O3. The van der Waals surface area contributed by atoms with Gasteiger partial charge in [-0.25, -0.2) is 9.59 Å². The predicted molar refractivity (Wildman–Crippen MR) is 85.3 cm³/mol. The number of benzene rings is 2. The number of halogens is 3. The molecule has 0 aromatic heterocycles. The van der Waals surface area contributed by atoms with Crippen molar-refractivity contribution >= 4 is 17.7 Å². The molecule has 0 heterocycles. The highest BCUT2D eigenvalue weighted by Gasteiger charge is 2.32. The summed E-state index contributed by atoms with van der Waals surface area (Å²) in [6.45, 7) is 0.216. The summed E-state index contributed by atoms with van der Waals surface area (Å²) in [6.07, 6.45) is -4.65. The van der Waals surface area contributed by atoms with Crippen LogP contribution in [0.3, 0.4) is 0 Å². The zero-order valence-electron chi connectivity index (χ0n) is 13.2. The van der Waals surface area contributed by atoms with Crippen LogP contribution in [0.4, 0.5) is 23.7 Å². The van der Waals surface area contributed by atoms with E-state index in [1.165, 1.54) is 11.9 Å². The normalized spacial score (nSPS) is 11.0. The summed E-state index contributed by atoms with van der Waals surface area (Å²) >= 11 is 0. The van der Waals surface area contributed by atoms with E-state index >= 15 is 0 Å². The van der Waals surface area contributed by atoms with Crippen molar-refractivity contribution in [3.63, 3.8) is 0 Å². The van der Waals surface area contributed by atoms with Gasteiger partial charge in [0.1, 0.15) is 0 Å². The molecule has 0 radical (unpaired) electrons. The molecule has 2 aromatic rings. The maximum Gasteiger partial charge on any atom is 0.416 e. The van der Waals surface area contributed by atoms with E-state index in [9.17, 15) is 22.8 Å². The van der Waals surface area contributed by atoms with E-state index in [1.807, 2.05) is 6.07 Å². The maximum absolute atomic E-state index is 12.8. The number of hydrogen-bond acceptors (Lipinski definition) is 2. The summed E-state index contributed by atoms with van der Waals surface area (Å²) < 4.78 is 38.4. The third-order valence-electron chi connectivity index (χ3n) is 3.43.